The van der Waals surface area contributed by atoms with E-state index in [1.165, 1.54) is 5.57 Å². The fraction of sp³-hybridized carbons (Fsp3) is 0.789. The van der Waals surface area contributed by atoms with Crippen LogP contribution in [0, 0.1) is 28.6 Å². The lowest BCUT2D eigenvalue weighted by molar-refractivity contribution is -0.155. The number of rotatable bonds is 0. The molecule has 0 spiro atoms. The maximum atomic E-state index is 12.5. The number of carbonyl (C=O) groups is 2. The average Bonchev–Trinajstić information content (AvgIpc) is 2.49. The van der Waals surface area contributed by atoms with E-state index >= 15 is 0 Å². The Morgan fingerprint density at radius 3 is 2.61 bits per heavy atom. The normalized spacial score (nSPS) is 49.4. The molecule has 0 radical (unpaired) electrons. The molecular weight excluding hydrogens is 290 g/mol. The van der Waals surface area contributed by atoms with E-state index in [0.717, 1.165) is 38.5 Å². The first-order valence-corrected chi connectivity index (χ1v) is 9.06. The van der Waals surface area contributed by atoms with Gasteiger partial charge < -0.3 is 5.11 Å². The van der Waals surface area contributed by atoms with E-state index in [1.54, 1.807) is 0 Å². The molecule has 1 aliphatic heterocycles. The zero-order chi connectivity index (χ0) is 16.4. The zero-order valence-corrected chi connectivity index (χ0v) is 14.1. The van der Waals surface area contributed by atoms with Crippen molar-refractivity contribution in [2.24, 2.45) is 28.6 Å². The molecule has 4 rings (SSSR count). The quantitative estimate of drug-likeness (QED) is 0.533. The third kappa shape index (κ3) is 2.07. The third-order valence-corrected chi connectivity index (χ3v) is 7.64. The van der Waals surface area contributed by atoms with Crippen LogP contribution in [0.3, 0.4) is 0 Å². The van der Waals surface area contributed by atoms with Crippen LogP contribution in [-0.4, -0.2) is 23.0 Å². The second kappa shape index (κ2) is 4.92. The fourth-order valence-electron chi connectivity index (χ4n) is 6.14. The van der Waals surface area contributed by atoms with Crippen molar-refractivity contribution < 1.29 is 14.7 Å². The van der Waals surface area contributed by atoms with E-state index in [0.29, 0.717) is 18.3 Å². The number of amides is 2. The van der Waals surface area contributed by atoms with E-state index in [-0.39, 0.29) is 34.7 Å². The highest BCUT2D eigenvalue weighted by Crippen LogP contribution is 2.62. The molecule has 4 aliphatic rings. The molecular formula is C19H27NO3. The molecule has 2 N–H and O–H groups in total. The summed E-state index contributed by atoms with van der Waals surface area (Å²) in [5.41, 5.74) is 1.19. The molecule has 0 bridgehead atoms. The standard InChI is InChI=1S/C19H27NO3/c1-18-7-5-12(21)9-11(18)3-4-13-14(18)6-8-19(2)15(13)10-16(22)20-17(19)23/h3,12-15,21H,4-10H2,1-2H3,(H,20,22,23)/t12-,13+,14?,15?,18-,19-/m0/s1. The number of nitrogens with one attached hydrogen (secondary N) is 1. The van der Waals surface area contributed by atoms with Crippen LogP contribution in [-0.2, 0) is 9.59 Å². The van der Waals surface area contributed by atoms with Gasteiger partial charge in [0, 0.05) is 6.42 Å². The van der Waals surface area contributed by atoms with Crippen LogP contribution in [0.4, 0.5) is 0 Å². The number of imide groups is 1. The molecule has 23 heavy (non-hydrogen) atoms. The van der Waals surface area contributed by atoms with Gasteiger partial charge in [0.2, 0.25) is 11.8 Å². The van der Waals surface area contributed by atoms with Gasteiger partial charge in [-0.15, -0.1) is 0 Å². The lowest BCUT2D eigenvalue weighted by atomic mass is 9.46. The van der Waals surface area contributed by atoms with Gasteiger partial charge in [0.1, 0.15) is 0 Å². The summed E-state index contributed by atoms with van der Waals surface area (Å²) in [5.74, 6) is 0.983. The number of hydrogen-bond donors (Lipinski definition) is 2. The minimum atomic E-state index is -0.384. The van der Waals surface area contributed by atoms with E-state index < -0.39 is 0 Å². The van der Waals surface area contributed by atoms with Crippen molar-refractivity contribution in [1.82, 2.24) is 5.32 Å². The maximum Gasteiger partial charge on any atom is 0.232 e. The number of fused-ring (bicyclic) bond motifs is 5. The lowest BCUT2D eigenvalue weighted by Crippen LogP contribution is -2.60. The maximum absolute atomic E-state index is 12.5. The van der Waals surface area contributed by atoms with Gasteiger partial charge in [0.05, 0.1) is 11.5 Å². The summed E-state index contributed by atoms with van der Waals surface area (Å²) in [6, 6.07) is 0. The highest BCUT2D eigenvalue weighted by Gasteiger charge is 2.58. The predicted octanol–water partition coefficient (Wildman–Crippen LogP) is 2.56. The highest BCUT2D eigenvalue weighted by molar-refractivity contribution is 6.01. The first-order valence-electron chi connectivity index (χ1n) is 9.06. The first kappa shape index (κ1) is 15.4. The Hall–Kier alpha value is -1.16. The number of aliphatic hydroxyl groups is 1. The number of aliphatic hydroxyl groups excluding tert-OH is 1. The Morgan fingerprint density at radius 2 is 1.83 bits per heavy atom. The minimum absolute atomic E-state index is 0.0591. The molecule has 2 amide bonds. The van der Waals surface area contributed by atoms with Gasteiger partial charge in [-0.3, -0.25) is 14.9 Å². The summed E-state index contributed by atoms with van der Waals surface area (Å²) >= 11 is 0. The molecule has 2 unspecified atom stereocenters. The third-order valence-electron chi connectivity index (χ3n) is 7.64. The first-order chi connectivity index (χ1) is 10.8. The fourth-order valence-corrected chi connectivity index (χ4v) is 6.14. The second-order valence-electron chi connectivity index (χ2n) is 8.69. The molecule has 0 aromatic heterocycles. The largest absolute Gasteiger partial charge is 0.393 e. The molecule has 3 aliphatic carbocycles. The van der Waals surface area contributed by atoms with Crippen molar-refractivity contribution in [3.05, 3.63) is 11.6 Å². The lowest BCUT2D eigenvalue weighted by Gasteiger charge is -2.58. The van der Waals surface area contributed by atoms with E-state index in [4.69, 9.17) is 0 Å². The van der Waals surface area contributed by atoms with Crippen molar-refractivity contribution in [3.63, 3.8) is 0 Å². The molecule has 3 fully saturated rings. The van der Waals surface area contributed by atoms with Gasteiger partial charge in [-0.1, -0.05) is 25.5 Å². The summed E-state index contributed by atoms with van der Waals surface area (Å²) in [6.07, 6.45) is 8.24. The van der Waals surface area contributed by atoms with Crippen LogP contribution < -0.4 is 5.32 Å². The number of piperidine rings is 1. The van der Waals surface area contributed by atoms with Crippen molar-refractivity contribution in [1.29, 1.82) is 0 Å². The topological polar surface area (TPSA) is 66.4 Å². The molecule has 6 atom stereocenters. The molecule has 2 saturated carbocycles. The highest BCUT2D eigenvalue weighted by atomic mass is 16.3. The van der Waals surface area contributed by atoms with E-state index in [1.807, 2.05) is 0 Å². The predicted molar refractivity (Wildman–Crippen MR) is 86.2 cm³/mol. The van der Waals surface area contributed by atoms with Crippen LogP contribution in [0.2, 0.25) is 0 Å². The molecule has 4 nitrogen and oxygen atoms in total. The van der Waals surface area contributed by atoms with Crippen molar-refractivity contribution in [3.8, 4) is 0 Å². The van der Waals surface area contributed by atoms with E-state index in [2.05, 4.69) is 25.2 Å². The van der Waals surface area contributed by atoms with Gasteiger partial charge in [-0.25, -0.2) is 0 Å². The van der Waals surface area contributed by atoms with Crippen molar-refractivity contribution in [2.45, 2.75) is 64.9 Å². The van der Waals surface area contributed by atoms with Gasteiger partial charge >= 0.3 is 0 Å². The molecule has 4 heteroatoms. The van der Waals surface area contributed by atoms with Gasteiger partial charge in [-0.2, -0.15) is 0 Å². The smallest absolute Gasteiger partial charge is 0.232 e. The van der Waals surface area contributed by atoms with Crippen LogP contribution in [0.5, 0.6) is 0 Å². The average molecular weight is 317 g/mol. The number of allylic oxidation sites excluding steroid dienone is 1. The molecule has 1 saturated heterocycles. The molecule has 0 aromatic rings. The van der Waals surface area contributed by atoms with E-state index in [9.17, 15) is 14.7 Å². The number of hydrogen-bond acceptors (Lipinski definition) is 3. The Morgan fingerprint density at radius 1 is 1.09 bits per heavy atom. The second-order valence-corrected chi connectivity index (χ2v) is 8.69. The summed E-state index contributed by atoms with van der Waals surface area (Å²) in [7, 11) is 0. The van der Waals surface area contributed by atoms with Crippen LogP contribution in [0.1, 0.15) is 58.8 Å². The Bertz CT molecular complexity index is 597. The monoisotopic (exact) mass is 317 g/mol. The molecule has 126 valence electrons. The Balaban J connectivity index is 1.70. The Kier molecular flexibility index (Phi) is 3.29. The molecule has 0 aromatic carbocycles. The summed E-state index contributed by atoms with van der Waals surface area (Å²) in [4.78, 5) is 24.4. The van der Waals surface area contributed by atoms with Crippen LogP contribution >= 0.6 is 0 Å². The number of carbonyl (C=O) groups excluding carboxylic acids is 2. The van der Waals surface area contributed by atoms with Crippen molar-refractivity contribution in [2.75, 3.05) is 0 Å². The van der Waals surface area contributed by atoms with Gasteiger partial charge in [-0.05, 0) is 61.7 Å². The minimum Gasteiger partial charge on any atom is -0.393 e. The van der Waals surface area contributed by atoms with Gasteiger partial charge in [0.25, 0.3) is 0 Å². The Labute approximate surface area is 137 Å². The van der Waals surface area contributed by atoms with Crippen molar-refractivity contribution >= 4 is 11.8 Å². The van der Waals surface area contributed by atoms with Crippen LogP contribution in [0.25, 0.3) is 0 Å². The summed E-state index contributed by atoms with van der Waals surface area (Å²) in [6.45, 7) is 4.41. The summed E-state index contributed by atoms with van der Waals surface area (Å²) in [5, 5.41) is 12.6. The van der Waals surface area contributed by atoms with Gasteiger partial charge in [0.15, 0.2) is 0 Å². The SMILES string of the molecule is C[C@]12CC[C@H](O)CC1=CC[C@@H]1C2CC[C@]2(C)C(=O)NC(=O)CC12. The molecule has 1 heterocycles. The summed E-state index contributed by atoms with van der Waals surface area (Å²) < 4.78 is 0. The zero-order valence-electron chi connectivity index (χ0n) is 14.1. The van der Waals surface area contributed by atoms with Crippen LogP contribution in [0.15, 0.2) is 11.6 Å².